The molecule has 0 radical (unpaired) electrons. The van der Waals surface area contributed by atoms with E-state index in [-0.39, 0.29) is 20.7 Å². The molecule has 0 saturated carbocycles. The second kappa shape index (κ2) is 7.14. The molecule has 1 fully saturated rings. The quantitative estimate of drug-likeness (QED) is 0.537. The Bertz CT molecular complexity index is 739. The number of hydrogen-bond acceptors (Lipinski definition) is 7. The molecule has 1 aliphatic heterocycles. The van der Waals surface area contributed by atoms with Gasteiger partial charge in [0.15, 0.2) is 0 Å². The fourth-order valence-corrected chi connectivity index (χ4v) is 3.59. The summed E-state index contributed by atoms with van der Waals surface area (Å²) in [7, 11) is 0. The fraction of sp³-hybridized carbons (Fsp3) is 0.250. The van der Waals surface area contributed by atoms with Gasteiger partial charge < -0.3 is 19.8 Å². The van der Waals surface area contributed by atoms with Crippen LogP contribution >= 0.6 is 24.0 Å². The van der Waals surface area contributed by atoms with Gasteiger partial charge in [0.05, 0.1) is 22.9 Å². The summed E-state index contributed by atoms with van der Waals surface area (Å²) in [5, 5.41) is 22.1. The highest BCUT2D eigenvalue weighted by Crippen LogP contribution is 2.35. The van der Waals surface area contributed by atoms with E-state index in [9.17, 15) is 24.6 Å². The highest BCUT2D eigenvalue weighted by molar-refractivity contribution is 8.26. The first-order valence-electron chi connectivity index (χ1n) is 7.01. The zero-order valence-corrected chi connectivity index (χ0v) is 14.5. The highest BCUT2D eigenvalue weighted by Gasteiger charge is 2.38. The number of carbonyl (C=O) groups is 3. The first kappa shape index (κ1) is 18.2. The van der Waals surface area contributed by atoms with E-state index in [1.165, 1.54) is 30.3 Å². The van der Waals surface area contributed by atoms with E-state index in [4.69, 9.17) is 12.2 Å². The van der Waals surface area contributed by atoms with Gasteiger partial charge in [-0.25, -0.2) is 0 Å². The number of amides is 1. The van der Waals surface area contributed by atoms with Gasteiger partial charge in [0.25, 0.3) is 5.91 Å². The van der Waals surface area contributed by atoms with E-state index in [2.05, 4.69) is 0 Å². The van der Waals surface area contributed by atoms with Crippen molar-refractivity contribution in [1.82, 2.24) is 4.90 Å². The minimum atomic E-state index is -1.36. The van der Waals surface area contributed by atoms with Crippen molar-refractivity contribution in [1.29, 1.82) is 0 Å². The van der Waals surface area contributed by atoms with Crippen LogP contribution in [-0.4, -0.2) is 33.1 Å². The smallest absolute Gasteiger partial charge is 0.266 e. The van der Waals surface area contributed by atoms with Gasteiger partial charge in [0, 0.05) is 0 Å². The Morgan fingerprint density at radius 2 is 1.79 bits per heavy atom. The standard InChI is InChI=1S/C16H15NO5S2/c1-8(2)12(15(21)22)17-13(18)11(24-16(17)23)7-9-3-5-10(6-4-9)14(19)20/h3-8,12H,1-2H3,(H,19,20)(H,21,22)/p-2/t12-/m1/s1. The summed E-state index contributed by atoms with van der Waals surface area (Å²) < 4.78 is 0.153. The SMILES string of the molecule is CC(C)[C@H](C(=O)[O-])N1C(=O)C(=Cc2ccc(C(=O)[O-])cc2)SC1=S. The Morgan fingerprint density at radius 3 is 2.25 bits per heavy atom. The maximum absolute atomic E-state index is 12.5. The van der Waals surface area contributed by atoms with Gasteiger partial charge in [-0.1, -0.05) is 62.1 Å². The lowest BCUT2D eigenvalue weighted by molar-refractivity contribution is -0.311. The monoisotopic (exact) mass is 363 g/mol. The van der Waals surface area contributed by atoms with E-state index >= 15 is 0 Å². The number of thioether (sulfide) groups is 1. The molecule has 1 saturated heterocycles. The number of thiocarbonyl (C=S) groups is 1. The number of aliphatic carboxylic acids is 1. The van der Waals surface area contributed by atoms with Crippen LogP contribution in [0.1, 0.15) is 29.8 Å². The molecule has 1 heterocycles. The van der Waals surface area contributed by atoms with Gasteiger partial charge in [-0.3, -0.25) is 9.69 Å². The highest BCUT2D eigenvalue weighted by atomic mass is 32.2. The van der Waals surface area contributed by atoms with Crippen LogP contribution < -0.4 is 10.2 Å². The number of benzene rings is 1. The molecular formula is C16H13NO5S2-2. The molecule has 126 valence electrons. The van der Waals surface area contributed by atoms with Crippen LogP contribution in [0.5, 0.6) is 0 Å². The van der Waals surface area contributed by atoms with Gasteiger partial charge in [-0.2, -0.15) is 0 Å². The van der Waals surface area contributed by atoms with Gasteiger partial charge in [-0.05, 0) is 23.1 Å². The number of carboxylic acids is 2. The molecule has 1 aromatic rings. The summed E-state index contributed by atoms with van der Waals surface area (Å²) in [5.74, 6) is -3.52. The normalized spacial score (nSPS) is 17.6. The Kier molecular flexibility index (Phi) is 5.40. The molecule has 6 nitrogen and oxygen atoms in total. The van der Waals surface area contributed by atoms with Crippen molar-refractivity contribution in [3.05, 3.63) is 40.3 Å². The molecule has 0 bridgehead atoms. The molecule has 1 amide bonds. The third kappa shape index (κ3) is 3.65. The molecule has 0 unspecified atom stereocenters. The lowest BCUT2D eigenvalue weighted by Crippen LogP contribution is -2.52. The molecular weight excluding hydrogens is 350 g/mol. The van der Waals surface area contributed by atoms with Crippen molar-refractivity contribution < 1.29 is 24.6 Å². The summed E-state index contributed by atoms with van der Waals surface area (Å²) in [6, 6.07) is 4.64. The zero-order chi connectivity index (χ0) is 18.0. The van der Waals surface area contributed by atoms with Crippen molar-refractivity contribution >= 4 is 52.2 Å². The molecule has 0 aromatic heterocycles. The van der Waals surface area contributed by atoms with Crippen LogP contribution in [0.25, 0.3) is 6.08 Å². The first-order chi connectivity index (χ1) is 11.2. The summed E-state index contributed by atoms with van der Waals surface area (Å²) in [6.45, 7) is 3.34. The van der Waals surface area contributed by atoms with E-state index in [1.54, 1.807) is 13.8 Å². The number of carboxylic acid groups (broad SMARTS) is 2. The summed E-state index contributed by atoms with van der Waals surface area (Å²) in [6.07, 6.45) is 1.53. The fourth-order valence-electron chi connectivity index (χ4n) is 2.26. The van der Waals surface area contributed by atoms with Crippen LogP contribution in [0.4, 0.5) is 0 Å². The summed E-state index contributed by atoms with van der Waals surface area (Å²) >= 11 is 6.13. The molecule has 0 spiro atoms. The van der Waals surface area contributed by atoms with Crippen LogP contribution in [0.2, 0.25) is 0 Å². The van der Waals surface area contributed by atoms with E-state index in [0.717, 1.165) is 16.7 Å². The van der Waals surface area contributed by atoms with E-state index in [1.807, 2.05) is 0 Å². The van der Waals surface area contributed by atoms with Crippen molar-refractivity contribution in [2.45, 2.75) is 19.9 Å². The number of rotatable bonds is 5. The second-order valence-corrected chi connectivity index (χ2v) is 7.14. The molecule has 24 heavy (non-hydrogen) atoms. The van der Waals surface area contributed by atoms with Crippen LogP contribution in [0.15, 0.2) is 29.2 Å². The van der Waals surface area contributed by atoms with Gasteiger partial charge in [0.1, 0.15) is 4.32 Å². The average Bonchev–Trinajstić information content (AvgIpc) is 2.75. The Labute approximate surface area is 148 Å². The van der Waals surface area contributed by atoms with Crippen molar-refractivity contribution in [2.24, 2.45) is 5.92 Å². The molecule has 1 aromatic carbocycles. The summed E-state index contributed by atoms with van der Waals surface area (Å²) in [4.78, 5) is 35.9. The van der Waals surface area contributed by atoms with Crippen LogP contribution in [0, 0.1) is 5.92 Å². The van der Waals surface area contributed by atoms with Crippen molar-refractivity contribution in [2.75, 3.05) is 0 Å². The van der Waals surface area contributed by atoms with Crippen LogP contribution in [0.3, 0.4) is 0 Å². The number of nitrogens with zero attached hydrogens (tertiary/aromatic N) is 1. The first-order valence-corrected chi connectivity index (χ1v) is 8.24. The molecule has 0 N–H and O–H groups in total. The predicted molar refractivity (Wildman–Crippen MR) is 89.4 cm³/mol. The van der Waals surface area contributed by atoms with E-state index in [0.29, 0.717) is 5.56 Å². The number of aromatic carboxylic acids is 1. The van der Waals surface area contributed by atoms with Crippen molar-refractivity contribution in [3.8, 4) is 0 Å². The minimum Gasteiger partial charge on any atom is -0.548 e. The largest absolute Gasteiger partial charge is 0.548 e. The molecule has 1 aliphatic rings. The minimum absolute atomic E-state index is 0.0246. The number of hydrogen-bond donors (Lipinski definition) is 0. The predicted octanol–water partition coefficient (Wildman–Crippen LogP) is 0.0258. The Morgan fingerprint density at radius 1 is 1.21 bits per heavy atom. The molecule has 2 rings (SSSR count). The Hall–Kier alpha value is -2.19. The van der Waals surface area contributed by atoms with Crippen LogP contribution in [-0.2, 0) is 9.59 Å². The van der Waals surface area contributed by atoms with Crippen molar-refractivity contribution in [3.63, 3.8) is 0 Å². The third-order valence-electron chi connectivity index (χ3n) is 3.42. The summed E-state index contributed by atoms with van der Waals surface area (Å²) in [5.41, 5.74) is 0.617. The maximum Gasteiger partial charge on any atom is 0.266 e. The average molecular weight is 363 g/mol. The molecule has 0 aliphatic carbocycles. The maximum atomic E-state index is 12.5. The van der Waals surface area contributed by atoms with E-state index < -0.39 is 23.9 Å². The topological polar surface area (TPSA) is 101 Å². The zero-order valence-electron chi connectivity index (χ0n) is 12.8. The van der Waals surface area contributed by atoms with Gasteiger partial charge in [-0.15, -0.1) is 0 Å². The molecule has 8 heteroatoms. The molecule has 1 atom stereocenters. The lowest BCUT2D eigenvalue weighted by Gasteiger charge is -2.30. The lowest BCUT2D eigenvalue weighted by atomic mass is 10.0. The Balaban J connectivity index is 2.30. The number of carbonyl (C=O) groups excluding carboxylic acids is 3. The third-order valence-corrected chi connectivity index (χ3v) is 4.75. The second-order valence-electron chi connectivity index (χ2n) is 5.47. The van der Waals surface area contributed by atoms with Gasteiger partial charge >= 0.3 is 0 Å². The van der Waals surface area contributed by atoms with Gasteiger partial charge in [0.2, 0.25) is 0 Å².